The van der Waals surface area contributed by atoms with Gasteiger partial charge in [0.15, 0.2) is 0 Å². The molecule has 0 bridgehead atoms. The second-order valence-electron chi connectivity index (χ2n) is 7.73. The van der Waals surface area contributed by atoms with E-state index in [0.29, 0.717) is 19.3 Å². The van der Waals surface area contributed by atoms with E-state index >= 15 is 0 Å². The van der Waals surface area contributed by atoms with Gasteiger partial charge >= 0.3 is 0 Å². The van der Waals surface area contributed by atoms with Crippen LogP contribution in [0.3, 0.4) is 0 Å². The molecule has 0 aromatic heterocycles. The van der Waals surface area contributed by atoms with Crippen LogP contribution in [0.5, 0.6) is 0 Å². The zero-order valence-corrected chi connectivity index (χ0v) is 17.7. The predicted octanol–water partition coefficient (Wildman–Crippen LogP) is 3.79. The van der Waals surface area contributed by atoms with Crippen LogP contribution in [0, 0.1) is 13.8 Å². The molecule has 0 aliphatic carbocycles. The second kappa shape index (κ2) is 9.59. The minimum absolute atomic E-state index is 0.0451. The summed E-state index contributed by atoms with van der Waals surface area (Å²) in [6.07, 6.45) is 1.41. The highest BCUT2D eigenvalue weighted by Gasteiger charge is 2.22. The first-order valence-electron chi connectivity index (χ1n) is 10.4. The second-order valence-corrected chi connectivity index (χ2v) is 7.73. The van der Waals surface area contributed by atoms with Gasteiger partial charge in [-0.25, -0.2) is 0 Å². The highest BCUT2D eigenvalue weighted by molar-refractivity contribution is 5.93. The summed E-state index contributed by atoms with van der Waals surface area (Å²) in [5.74, 6) is 0.199. The fourth-order valence-corrected chi connectivity index (χ4v) is 3.79. The Morgan fingerprint density at radius 1 is 0.897 bits per heavy atom. The largest absolute Gasteiger partial charge is 0.368 e. The summed E-state index contributed by atoms with van der Waals surface area (Å²) < 4.78 is 0. The Hall–Kier alpha value is -2.82. The Balaban J connectivity index is 1.43. The predicted molar refractivity (Wildman–Crippen MR) is 118 cm³/mol. The number of amides is 2. The average molecular weight is 394 g/mol. The van der Waals surface area contributed by atoms with Crippen LogP contribution >= 0.6 is 0 Å². The molecule has 2 aromatic rings. The SMILES string of the molecule is Cc1cccc(N2CCN(C(=O)CCCC(=O)N(C)c3ccccc3)CC2)c1C. The van der Waals surface area contributed by atoms with E-state index in [9.17, 15) is 9.59 Å². The molecule has 0 saturated carbocycles. The summed E-state index contributed by atoms with van der Waals surface area (Å²) in [7, 11) is 1.78. The van der Waals surface area contributed by atoms with Crippen LogP contribution in [0.2, 0.25) is 0 Å². The van der Waals surface area contributed by atoms with Crippen molar-refractivity contribution in [1.82, 2.24) is 4.90 Å². The van der Waals surface area contributed by atoms with Crippen molar-refractivity contribution in [2.45, 2.75) is 33.1 Å². The molecule has 1 aliphatic heterocycles. The normalized spacial score (nSPS) is 14.0. The lowest BCUT2D eigenvalue weighted by Crippen LogP contribution is -2.49. The van der Waals surface area contributed by atoms with Crippen molar-refractivity contribution in [2.75, 3.05) is 43.0 Å². The molecule has 5 nitrogen and oxygen atoms in total. The molecule has 2 amide bonds. The quantitative estimate of drug-likeness (QED) is 0.750. The average Bonchev–Trinajstić information content (AvgIpc) is 2.75. The van der Waals surface area contributed by atoms with Crippen molar-refractivity contribution in [1.29, 1.82) is 0 Å². The highest BCUT2D eigenvalue weighted by Crippen LogP contribution is 2.24. The third-order valence-corrected chi connectivity index (χ3v) is 5.85. The molecule has 2 aromatic carbocycles. The van der Waals surface area contributed by atoms with Crippen LogP contribution in [0.15, 0.2) is 48.5 Å². The van der Waals surface area contributed by atoms with Crippen molar-refractivity contribution < 1.29 is 9.59 Å². The summed E-state index contributed by atoms with van der Waals surface area (Å²) in [6, 6.07) is 16.0. The van der Waals surface area contributed by atoms with Gasteiger partial charge in [0.05, 0.1) is 0 Å². The van der Waals surface area contributed by atoms with E-state index in [-0.39, 0.29) is 11.8 Å². The maximum atomic E-state index is 12.6. The molecule has 0 radical (unpaired) electrons. The van der Waals surface area contributed by atoms with Gasteiger partial charge in [-0.3, -0.25) is 9.59 Å². The van der Waals surface area contributed by atoms with E-state index in [1.807, 2.05) is 35.2 Å². The molecule has 1 saturated heterocycles. The Labute approximate surface area is 173 Å². The van der Waals surface area contributed by atoms with Crippen molar-refractivity contribution in [3.05, 3.63) is 59.7 Å². The Bertz CT molecular complexity index is 842. The number of anilines is 2. The Morgan fingerprint density at radius 3 is 2.28 bits per heavy atom. The molecule has 1 aliphatic rings. The van der Waals surface area contributed by atoms with Gasteiger partial charge in [-0.2, -0.15) is 0 Å². The number of carbonyl (C=O) groups excluding carboxylic acids is 2. The topological polar surface area (TPSA) is 43.9 Å². The minimum atomic E-state index is 0.0451. The first-order valence-corrected chi connectivity index (χ1v) is 10.4. The Morgan fingerprint density at radius 2 is 1.59 bits per heavy atom. The van der Waals surface area contributed by atoms with Crippen molar-refractivity contribution in [3.63, 3.8) is 0 Å². The molecule has 0 unspecified atom stereocenters. The molecule has 0 N–H and O–H groups in total. The van der Waals surface area contributed by atoms with Crippen LogP contribution in [0.25, 0.3) is 0 Å². The van der Waals surface area contributed by atoms with Gasteiger partial charge in [0.1, 0.15) is 0 Å². The number of aryl methyl sites for hydroxylation is 1. The lowest BCUT2D eigenvalue weighted by atomic mass is 10.1. The van der Waals surface area contributed by atoms with E-state index in [1.165, 1.54) is 16.8 Å². The summed E-state index contributed by atoms with van der Waals surface area (Å²) in [5, 5.41) is 0. The summed E-state index contributed by atoms with van der Waals surface area (Å²) >= 11 is 0. The first kappa shape index (κ1) is 20.9. The summed E-state index contributed by atoms with van der Waals surface area (Å²) in [4.78, 5) is 30.9. The smallest absolute Gasteiger partial charge is 0.226 e. The zero-order chi connectivity index (χ0) is 20.8. The van der Waals surface area contributed by atoms with Gasteiger partial charge in [-0.15, -0.1) is 0 Å². The third kappa shape index (κ3) is 5.17. The van der Waals surface area contributed by atoms with Gasteiger partial charge in [-0.1, -0.05) is 30.3 Å². The lowest BCUT2D eigenvalue weighted by Gasteiger charge is -2.37. The monoisotopic (exact) mass is 393 g/mol. The van der Waals surface area contributed by atoms with Crippen LogP contribution < -0.4 is 9.80 Å². The van der Waals surface area contributed by atoms with Crippen molar-refractivity contribution in [3.8, 4) is 0 Å². The van der Waals surface area contributed by atoms with Gasteiger partial charge in [-0.05, 0) is 49.6 Å². The maximum Gasteiger partial charge on any atom is 0.226 e. The molecule has 3 rings (SSSR count). The molecule has 1 heterocycles. The van der Waals surface area contributed by atoms with Crippen molar-refractivity contribution in [2.24, 2.45) is 0 Å². The molecule has 29 heavy (non-hydrogen) atoms. The molecular weight excluding hydrogens is 362 g/mol. The van der Waals surface area contributed by atoms with Crippen LogP contribution in [0.4, 0.5) is 11.4 Å². The third-order valence-electron chi connectivity index (χ3n) is 5.85. The molecule has 5 heteroatoms. The van der Waals surface area contributed by atoms with Gasteiger partial charge in [0.25, 0.3) is 0 Å². The minimum Gasteiger partial charge on any atom is -0.368 e. The van der Waals surface area contributed by atoms with E-state index < -0.39 is 0 Å². The number of hydrogen-bond acceptors (Lipinski definition) is 3. The Kier molecular flexibility index (Phi) is 6.91. The fourth-order valence-electron chi connectivity index (χ4n) is 3.79. The number of hydrogen-bond donors (Lipinski definition) is 0. The number of benzene rings is 2. The van der Waals surface area contributed by atoms with E-state index in [2.05, 4.69) is 36.9 Å². The van der Waals surface area contributed by atoms with Crippen LogP contribution in [-0.2, 0) is 9.59 Å². The number of nitrogens with zero attached hydrogens (tertiary/aromatic N) is 3. The van der Waals surface area contributed by atoms with E-state index in [4.69, 9.17) is 0 Å². The molecule has 1 fully saturated rings. The zero-order valence-electron chi connectivity index (χ0n) is 17.7. The molecule has 0 atom stereocenters. The number of rotatable bonds is 6. The van der Waals surface area contributed by atoms with Gasteiger partial charge < -0.3 is 14.7 Å². The van der Waals surface area contributed by atoms with Crippen LogP contribution in [-0.4, -0.2) is 49.9 Å². The number of carbonyl (C=O) groups is 2. The molecular formula is C24H31N3O2. The standard InChI is InChI=1S/C24H31N3O2/c1-19-9-7-12-22(20(19)2)26-15-17-27(18-16-26)24(29)14-8-13-23(28)25(3)21-10-5-4-6-11-21/h4-7,9-12H,8,13-18H2,1-3H3. The summed E-state index contributed by atoms with van der Waals surface area (Å²) in [5.41, 5.74) is 4.76. The molecule has 0 spiro atoms. The summed E-state index contributed by atoms with van der Waals surface area (Å²) in [6.45, 7) is 7.48. The van der Waals surface area contributed by atoms with Gasteiger partial charge in [0.2, 0.25) is 11.8 Å². The fraction of sp³-hybridized carbons (Fsp3) is 0.417. The number of para-hydroxylation sites is 1. The van der Waals surface area contributed by atoms with Gasteiger partial charge in [0, 0.05) is 57.4 Å². The van der Waals surface area contributed by atoms with E-state index in [1.54, 1.807) is 11.9 Å². The highest BCUT2D eigenvalue weighted by atomic mass is 16.2. The van der Waals surface area contributed by atoms with E-state index in [0.717, 1.165) is 31.9 Å². The van der Waals surface area contributed by atoms with Crippen LogP contribution in [0.1, 0.15) is 30.4 Å². The van der Waals surface area contributed by atoms with Crippen molar-refractivity contribution >= 4 is 23.2 Å². The first-order chi connectivity index (χ1) is 14.0. The lowest BCUT2D eigenvalue weighted by molar-refractivity contribution is -0.131. The maximum absolute atomic E-state index is 12.6. The molecule has 154 valence electrons. The number of piperazine rings is 1.